The van der Waals surface area contributed by atoms with E-state index in [2.05, 4.69) is 37.5 Å². The number of hydrogen-bond acceptors (Lipinski definition) is 2. The van der Waals surface area contributed by atoms with Gasteiger partial charge >= 0.3 is 0 Å². The molecule has 1 spiro atoms. The molecule has 16 heavy (non-hydrogen) atoms. The van der Waals surface area contributed by atoms with E-state index in [-0.39, 0.29) is 0 Å². The van der Waals surface area contributed by atoms with Gasteiger partial charge in [-0.3, -0.25) is 4.90 Å². The minimum atomic E-state index is 0.337. The summed E-state index contributed by atoms with van der Waals surface area (Å²) in [5.74, 6) is 0. The quantitative estimate of drug-likeness (QED) is 0.685. The summed E-state index contributed by atoms with van der Waals surface area (Å²) >= 11 is 5.73. The first kappa shape index (κ1) is 12.3. The maximum atomic E-state index is 5.73. The summed E-state index contributed by atoms with van der Waals surface area (Å²) in [6.45, 7) is 12.7. The number of likely N-dealkylation sites (tertiary alicyclic amines) is 2. The van der Waals surface area contributed by atoms with E-state index in [0.717, 1.165) is 0 Å². The second kappa shape index (κ2) is 4.26. The van der Waals surface area contributed by atoms with Gasteiger partial charge in [-0.25, -0.2) is 0 Å². The van der Waals surface area contributed by atoms with E-state index >= 15 is 0 Å². The van der Waals surface area contributed by atoms with Gasteiger partial charge in [0.25, 0.3) is 0 Å². The Hall–Kier alpha value is -0.150. The number of hydrogen-bond donors (Lipinski definition) is 0. The molecule has 2 rings (SSSR count). The van der Waals surface area contributed by atoms with Crippen molar-refractivity contribution in [3.63, 3.8) is 0 Å². The highest BCUT2D eigenvalue weighted by molar-refractivity contribution is 7.80. The summed E-state index contributed by atoms with van der Waals surface area (Å²) in [5, 5.41) is 0. The van der Waals surface area contributed by atoms with Crippen LogP contribution in [0.4, 0.5) is 0 Å². The van der Waals surface area contributed by atoms with Gasteiger partial charge in [0.1, 0.15) is 0 Å². The lowest BCUT2D eigenvalue weighted by Crippen LogP contribution is -2.39. The third-order valence-corrected chi connectivity index (χ3v) is 4.95. The first-order valence-corrected chi connectivity index (χ1v) is 6.92. The van der Waals surface area contributed by atoms with E-state index < -0.39 is 0 Å². The largest absolute Gasteiger partial charge is 0.363 e. The van der Waals surface area contributed by atoms with Gasteiger partial charge in [0, 0.05) is 30.6 Å². The van der Waals surface area contributed by atoms with Crippen molar-refractivity contribution in [3.8, 4) is 0 Å². The Balaban J connectivity index is 2.09. The summed E-state index contributed by atoms with van der Waals surface area (Å²) in [5.41, 5.74) is 0.337. The van der Waals surface area contributed by atoms with Gasteiger partial charge in [-0.2, -0.15) is 0 Å². The highest BCUT2D eigenvalue weighted by atomic mass is 32.1. The van der Waals surface area contributed by atoms with Gasteiger partial charge in [-0.15, -0.1) is 0 Å². The molecule has 2 aliphatic heterocycles. The minimum Gasteiger partial charge on any atom is -0.363 e. The van der Waals surface area contributed by atoms with Gasteiger partial charge in [0.05, 0.1) is 4.99 Å². The highest BCUT2D eigenvalue weighted by Crippen LogP contribution is 2.42. The van der Waals surface area contributed by atoms with Gasteiger partial charge in [-0.05, 0) is 47.1 Å². The van der Waals surface area contributed by atoms with Gasteiger partial charge in [0.15, 0.2) is 0 Å². The average molecular weight is 240 g/mol. The molecule has 0 amide bonds. The molecule has 0 aromatic heterocycles. The van der Waals surface area contributed by atoms with Crippen LogP contribution in [0.1, 0.15) is 40.5 Å². The van der Waals surface area contributed by atoms with Crippen LogP contribution in [-0.2, 0) is 0 Å². The summed E-state index contributed by atoms with van der Waals surface area (Å²) in [6.07, 6.45) is 2.54. The van der Waals surface area contributed by atoms with E-state index in [4.69, 9.17) is 12.2 Å². The highest BCUT2D eigenvalue weighted by Gasteiger charge is 2.48. The van der Waals surface area contributed by atoms with Crippen molar-refractivity contribution in [2.45, 2.75) is 52.6 Å². The van der Waals surface area contributed by atoms with Gasteiger partial charge < -0.3 is 4.90 Å². The van der Waals surface area contributed by atoms with Crippen LogP contribution < -0.4 is 0 Å². The molecule has 0 aromatic carbocycles. The van der Waals surface area contributed by atoms with Crippen molar-refractivity contribution >= 4 is 17.2 Å². The van der Waals surface area contributed by atoms with Crippen LogP contribution in [0.3, 0.4) is 0 Å². The number of thiocarbonyl (C=S) groups is 1. The smallest absolute Gasteiger partial charge is 0.0858 e. The molecular formula is C13H24N2S. The third-order valence-electron chi connectivity index (χ3n) is 4.28. The second-order valence-corrected chi connectivity index (χ2v) is 6.32. The monoisotopic (exact) mass is 240 g/mol. The van der Waals surface area contributed by atoms with Crippen molar-refractivity contribution in [3.05, 3.63) is 0 Å². The molecule has 1 unspecified atom stereocenters. The van der Waals surface area contributed by atoms with E-state index in [0.29, 0.717) is 17.5 Å². The topological polar surface area (TPSA) is 6.48 Å². The first-order chi connectivity index (χ1) is 7.46. The molecule has 0 bridgehead atoms. The fourth-order valence-corrected chi connectivity index (χ4v) is 3.63. The average Bonchev–Trinajstić information content (AvgIpc) is 2.75. The Kier molecular flexibility index (Phi) is 3.28. The fraction of sp³-hybridized carbons (Fsp3) is 0.923. The van der Waals surface area contributed by atoms with Crippen molar-refractivity contribution < 1.29 is 0 Å². The van der Waals surface area contributed by atoms with Crippen LogP contribution in [0.2, 0.25) is 0 Å². The van der Waals surface area contributed by atoms with Crippen LogP contribution in [0.5, 0.6) is 0 Å². The van der Waals surface area contributed by atoms with Crippen molar-refractivity contribution in [2.75, 3.05) is 19.6 Å². The molecule has 0 saturated carbocycles. The predicted molar refractivity (Wildman–Crippen MR) is 72.8 cm³/mol. The maximum absolute atomic E-state index is 5.73. The van der Waals surface area contributed by atoms with E-state index in [1.165, 1.54) is 37.5 Å². The molecule has 3 heteroatoms. The van der Waals surface area contributed by atoms with Crippen molar-refractivity contribution in [1.29, 1.82) is 0 Å². The summed E-state index contributed by atoms with van der Waals surface area (Å²) in [4.78, 5) is 6.25. The summed E-state index contributed by atoms with van der Waals surface area (Å²) < 4.78 is 0. The van der Waals surface area contributed by atoms with Crippen molar-refractivity contribution in [1.82, 2.24) is 9.80 Å². The Morgan fingerprint density at radius 2 is 1.69 bits per heavy atom. The molecule has 2 nitrogen and oxygen atoms in total. The zero-order chi connectivity index (χ0) is 11.9. The predicted octanol–water partition coefficient (Wildman–Crippen LogP) is 2.53. The molecule has 0 N–H and O–H groups in total. The lowest BCUT2D eigenvalue weighted by Gasteiger charge is -2.29. The number of rotatable bonds is 2. The van der Waals surface area contributed by atoms with Crippen molar-refractivity contribution in [2.24, 2.45) is 5.41 Å². The molecule has 2 heterocycles. The molecule has 0 aromatic rings. The lowest BCUT2D eigenvalue weighted by atomic mass is 9.86. The van der Waals surface area contributed by atoms with Gasteiger partial charge in [0.2, 0.25) is 0 Å². The molecule has 92 valence electrons. The van der Waals surface area contributed by atoms with E-state index in [1.807, 2.05) is 0 Å². The Labute approximate surface area is 105 Å². The van der Waals surface area contributed by atoms with Crippen LogP contribution in [-0.4, -0.2) is 46.5 Å². The van der Waals surface area contributed by atoms with Crippen LogP contribution in [0.15, 0.2) is 0 Å². The Bertz CT molecular complexity index is 284. The van der Waals surface area contributed by atoms with E-state index in [1.54, 1.807) is 0 Å². The SMILES string of the molecule is CC(C)N1CCC2(CCN(C(C)C)C2=S)C1. The summed E-state index contributed by atoms with van der Waals surface area (Å²) in [6, 6.07) is 1.23. The maximum Gasteiger partial charge on any atom is 0.0858 e. The Morgan fingerprint density at radius 3 is 2.12 bits per heavy atom. The number of nitrogens with zero attached hydrogens (tertiary/aromatic N) is 2. The molecular weight excluding hydrogens is 216 g/mol. The second-order valence-electron chi connectivity index (χ2n) is 5.94. The van der Waals surface area contributed by atoms with E-state index in [9.17, 15) is 0 Å². The molecule has 0 radical (unpaired) electrons. The first-order valence-electron chi connectivity index (χ1n) is 6.51. The van der Waals surface area contributed by atoms with Gasteiger partial charge in [-0.1, -0.05) is 12.2 Å². The summed E-state index contributed by atoms with van der Waals surface area (Å²) in [7, 11) is 0. The minimum absolute atomic E-state index is 0.337. The van der Waals surface area contributed by atoms with Crippen LogP contribution in [0, 0.1) is 5.41 Å². The third kappa shape index (κ3) is 1.88. The normalized spacial score (nSPS) is 31.6. The fourth-order valence-electron chi connectivity index (χ4n) is 3.06. The zero-order valence-corrected chi connectivity index (χ0v) is 11.8. The van der Waals surface area contributed by atoms with Crippen LogP contribution >= 0.6 is 12.2 Å². The molecule has 2 fully saturated rings. The molecule has 1 atom stereocenters. The lowest BCUT2D eigenvalue weighted by molar-refractivity contribution is 0.254. The standard InChI is InChI=1S/C13H24N2S/c1-10(2)14-7-5-13(9-14)6-8-15(11(3)4)12(13)16/h10-11H,5-9H2,1-4H3. The van der Waals surface area contributed by atoms with Crippen LogP contribution in [0.25, 0.3) is 0 Å². The Morgan fingerprint density at radius 1 is 1.06 bits per heavy atom. The molecule has 0 aliphatic carbocycles. The zero-order valence-electron chi connectivity index (χ0n) is 11.0. The molecule has 2 aliphatic rings. The molecule has 2 saturated heterocycles.